The van der Waals surface area contributed by atoms with Crippen LogP contribution in [0.1, 0.15) is 33.1 Å². The first-order valence-electron chi connectivity index (χ1n) is 20.0. The molecule has 60 heavy (non-hydrogen) atoms. The van der Waals surface area contributed by atoms with Crippen LogP contribution >= 0.6 is 0 Å². The molecule has 0 aromatic rings. The number of hydrogen-bond acceptors (Lipinski definition) is 14. The Labute approximate surface area is 359 Å². The lowest BCUT2D eigenvalue weighted by molar-refractivity contribution is -0.139. The number of halogens is 3. The van der Waals surface area contributed by atoms with Crippen LogP contribution in [-0.4, -0.2) is 139 Å². The van der Waals surface area contributed by atoms with E-state index < -0.39 is 79.0 Å². The van der Waals surface area contributed by atoms with E-state index in [0.29, 0.717) is 38.1 Å². The van der Waals surface area contributed by atoms with E-state index in [1.807, 2.05) is 52.4 Å². The van der Waals surface area contributed by atoms with Crippen molar-refractivity contribution >= 4 is 66.4 Å². The van der Waals surface area contributed by atoms with Gasteiger partial charge in [-0.15, -0.1) is 0 Å². The van der Waals surface area contributed by atoms with Gasteiger partial charge in [-0.05, 0) is 104 Å². The molecule has 0 aliphatic heterocycles. The number of ether oxygens (including phenoxy) is 6. The van der Waals surface area contributed by atoms with Crippen LogP contribution in [0.25, 0.3) is 0 Å². The molecule has 16 nitrogen and oxygen atoms in total. The average molecular weight is 953 g/mol. The molecule has 0 spiro atoms. The molecule has 0 bridgehead atoms. The van der Waals surface area contributed by atoms with Crippen molar-refractivity contribution in [1.82, 2.24) is 10.6 Å². The molecular weight excluding hydrogens is 882 g/mol. The fourth-order valence-electron chi connectivity index (χ4n) is 5.74. The van der Waals surface area contributed by atoms with Gasteiger partial charge in [0.15, 0.2) is 16.6 Å². The zero-order valence-electron chi connectivity index (χ0n) is 37.6. The van der Waals surface area contributed by atoms with Gasteiger partial charge in [0.1, 0.15) is 26.4 Å². The summed E-state index contributed by atoms with van der Waals surface area (Å²) in [5, 5.41) is 4.93. The summed E-state index contributed by atoms with van der Waals surface area (Å²) >= 11 is 0. The number of alkyl halides is 3. The molecule has 0 radical (unpaired) electrons. The fourth-order valence-corrected chi connectivity index (χ4v) is 30.7. The Balaban J connectivity index is 4.89. The molecule has 2 N–H and O–H groups in total. The third-order valence-corrected chi connectivity index (χ3v) is 27.8. The standard InChI is InChI=1S/C36H71F3N2O14Si5/c1-30(2)32(42)48-21-17-40-34(44)50-25-23-46-19-14-27-56(5,6)52-58(9,10)54-60(13,29-16-36(37,38)39)55-59(11,12)53-57(7,8)28-15-20-47-24-26-51-35(45)41-18-22-49-33(43)31(3)4/h1,3,14-29H2,2,4-13H3,(H,40,44)(H,41,45). The van der Waals surface area contributed by atoms with Crippen LogP contribution in [0, 0.1) is 0 Å². The summed E-state index contributed by atoms with van der Waals surface area (Å²) in [5.41, 5.74) is 0.525. The third kappa shape index (κ3) is 31.4. The minimum absolute atomic E-state index is 0.00928. The molecule has 350 valence electrons. The lowest BCUT2D eigenvalue weighted by Gasteiger charge is -2.44. The molecule has 0 saturated carbocycles. The highest BCUT2D eigenvalue weighted by atomic mass is 28.5. The molecule has 0 saturated heterocycles. The Morgan fingerprint density at radius 3 is 1.22 bits per heavy atom. The molecule has 24 heteroatoms. The van der Waals surface area contributed by atoms with Gasteiger partial charge in [-0.1, -0.05) is 13.2 Å². The van der Waals surface area contributed by atoms with Crippen molar-refractivity contribution in [2.75, 3.05) is 65.9 Å². The first-order chi connectivity index (χ1) is 27.5. The Kier molecular flexibility index (Phi) is 26.5. The van der Waals surface area contributed by atoms with Crippen LogP contribution in [0.3, 0.4) is 0 Å². The molecule has 0 aromatic carbocycles. The highest BCUT2D eigenvalue weighted by molar-refractivity contribution is 6.91. The summed E-state index contributed by atoms with van der Waals surface area (Å²) in [5.74, 6) is -1.08. The molecule has 0 aliphatic rings. The molecule has 0 heterocycles. The minimum atomic E-state index is -4.39. The van der Waals surface area contributed by atoms with E-state index in [9.17, 15) is 32.3 Å². The van der Waals surface area contributed by atoms with Gasteiger partial charge in [-0.2, -0.15) is 13.2 Å². The smallest absolute Gasteiger partial charge is 0.407 e. The van der Waals surface area contributed by atoms with Gasteiger partial charge in [0.2, 0.25) is 0 Å². The maximum Gasteiger partial charge on any atom is 0.407 e. The Hall–Kier alpha value is -2.41. The second-order valence-electron chi connectivity index (χ2n) is 16.4. The summed E-state index contributed by atoms with van der Waals surface area (Å²) in [6.07, 6.45) is -5.46. The lowest BCUT2D eigenvalue weighted by atomic mass is 10.4. The Morgan fingerprint density at radius 2 is 0.883 bits per heavy atom. The number of rotatable bonds is 32. The number of carbonyl (C=O) groups is 4. The molecule has 0 aromatic heterocycles. The van der Waals surface area contributed by atoms with Gasteiger partial charge in [0.25, 0.3) is 0 Å². The van der Waals surface area contributed by atoms with E-state index in [1.54, 1.807) is 6.55 Å². The van der Waals surface area contributed by atoms with Crippen LogP contribution < -0.4 is 10.6 Å². The quantitative estimate of drug-likeness (QED) is 0.0224. The maximum atomic E-state index is 13.6. The number of esters is 2. The van der Waals surface area contributed by atoms with Crippen LogP contribution in [0.2, 0.25) is 77.1 Å². The second kappa shape index (κ2) is 27.6. The van der Waals surface area contributed by atoms with Gasteiger partial charge in [-0.3, -0.25) is 0 Å². The molecular formula is C36H71F3N2O14Si5. The monoisotopic (exact) mass is 952 g/mol. The van der Waals surface area contributed by atoms with Crippen molar-refractivity contribution in [3.05, 3.63) is 24.3 Å². The van der Waals surface area contributed by atoms with E-state index in [1.165, 1.54) is 13.8 Å². The van der Waals surface area contributed by atoms with Crippen molar-refractivity contribution in [2.45, 2.75) is 116 Å². The zero-order valence-corrected chi connectivity index (χ0v) is 42.6. The SMILES string of the molecule is C=C(C)C(=O)OCCNC(=O)OCCOCCC[Si](C)(C)O[Si](C)(C)O[Si](C)(CCC(F)(F)F)O[Si](C)(C)O[Si](C)(C)CCCOCCOC(=O)NCCOC(=O)C(=C)C. The predicted molar refractivity (Wildman–Crippen MR) is 232 cm³/mol. The number of amides is 2. The van der Waals surface area contributed by atoms with Crippen molar-refractivity contribution in [3.63, 3.8) is 0 Å². The average Bonchev–Trinajstić information content (AvgIpc) is 3.07. The second-order valence-corrected chi connectivity index (χ2v) is 36.0. The Bertz CT molecular complexity index is 1290. The van der Waals surface area contributed by atoms with E-state index in [4.69, 9.17) is 44.9 Å². The van der Waals surface area contributed by atoms with Crippen molar-refractivity contribution in [1.29, 1.82) is 0 Å². The van der Waals surface area contributed by atoms with Crippen molar-refractivity contribution < 1.29 is 77.2 Å². The first-order valence-corrected chi connectivity index (χ1v) is 34.4. The number of alkyl carbamates (subject to hydrolysis) is 2. The van der Waals surface area contributed by atoms with Crippen molar-refractivity contribution in [3.8, 4) is 0 Å². The van der Waals surface area contributed by atoms with Gasteiger partial charge >= 0.3 is 56.0 Å². The van der Waals surface area contributed by atoms with E-state index >= 15 is 0 Å². The highest BCUT2D eigenvalue weighted by Crippen LogP contribution is 2.34. The van der Waals surface area contributed by atoms with Crippen molar-refractivity contribution in [2.24, 2.45) is 0 Å². The van der Waals surface area contributed by atoms with Gasteiger partial charge in [-0.25, -0.2) is 19.2 Å². The predicted octanol–water partition coefficient (Wildman–Crippen LogP) is 7.40. The molecule has 0 fully saturated rings. The zero-order chi connectivity index (χ0) is 46.3. The normalized spacial score (nSPS) is 12.7. The van der Waals surface area contributed by atoms with Crippen LogP contribution in [0.4, 0.5) is 22.8 Å². The van der Waals surface area contributed by atoms with Crippen LogP contribution in [0.15, 0.2) is 24.3 Å². The van der Waals surface area contributed by atoms with E-state index in [2.05, 4.69) is 23.8 Å². The van der Waals surface area contributed by atoms with Gasteiger partial charge in [0, 0.05) is 30.8 Å². The largest absolute Gasteiger partial charge is 0.460 e. The number of carbonyl (C=O) groups excluding carboxylic acids is 4. The summed E-state index contributed by atoms with van der Waals surface area (Å²) in [7, 11) is -14.2. The summed E-state index contributed by atoms with van der Waals surface area (Å²) in [4.78, 5) is 46.3. The minimum Gasteiger partial charge on any atom is -0.460 e. The summed E-state index contributed by atoms with van der Waals surface area (Å²) < 4.78 is 98.2. The Morgan fingerprint density at radius 1 is 0.517 bits per heavy atom. The van der Waals surface area contributed by atoms with E-state index in [-0.39, 0.29) is 69.9 Å². The highest BCUT2D eigenvalue weighted by Gasteiger charge is 2.49. The van der Waals surface area contributed by atoms with Crippen LogP contribution in [0.5, 0.6) is 0 Å². The van der Waals surface area contributed by atoms with E-state index in [0.717, 1.165) is 0 Å². The first kappa shape index (κ1) is 57.6. The number of hydrogen-bond donors (Lipinski definition) is 2. The van der Waals surface area contributed by atoms with Gasteiger partial charge in [0.05, 0.1) is 26.3 Å². The molecule has 0 atom stereocenters. The maximum absolute atomic E-state index is 13.6. The number of nitrogens with one attached hydrogen (secondary N) is 2. The lowest BCUT2D eigenvalue weighted by Crippen LogP contribution is -2.60. The summed E-state index contributed by atoms with van der Waals surface area (Å²) in [6.45, 7) is 28.5. The topological polar surface area (TPSA) is 185 Å². The molecule has 0 rings (SSSR count). The van der Waals surface area contributed by atoms with Crippen LogP contribution in [-0.2, 0) is 54.5 Å². The molecule has 0 aliphatic carbocycles. The fraction of sp³-hybridized carbons (Fsp3) is 0.778. The summed E-state index contributed by atoms with van der Waals surface area (Å²) in [6, 6.07) is 1.10. The third-order valence-electron chi connectivity index (χ3n) is 7.79. The molecule has 2 amide bonds. The van der Waals surface area contributed by atoms with Gasteiger partial charge < -0.3 is 55.5 Å². The molecule has 0 unspecified atom stereocenters.